The van der Waals surface area contributed by atoms with Gasteiger partial charge in [0.1, 0.15) is 0 Å². The molecule has 1 atom stereocenters. The van der Waals surface area contributed by atoms with Crippen LogP contribution in [0.4, 0.5) is 0 Å². The van der Waals surface area contributed by atoms with E-state index in [1.54, 1.807) is 0 Å². The van der Waals surface area contributed by atoms with E-state index < -0.39 is 0 Å². The van der Waals surface area contributed by atoms with Gasteiger partial charge in [0.05, 0.1) is 0 Å². The van der Waals surface area contributed by atoms with Crippen LogP contribution in [0.2, 0.25) is 5.02 Å². The molecule has 1 aliphatic rings. The van der Waals surface area contributed by atoms with E-state index >= 15 is 0 Å². The highest BCUT2D eigenvalue weighted by molar-refractivity contribution is 6.31. The van der Waals surface area contributed by atoms with Crippen LogP contribution in [0, 0.1) is 11.3 Å². The number of halogens is 1. The maximum Gasteiger partial charge on any atom is 0.0485 e. The Morgan fingerprint density at radius 2 is 1.85 bits per heavy atom. The van der Waals surface area contributed by atoms with E-state index in [2.05, 4.69) is 31.7 Å². The van der Waals surface area contributed by atoms with Crippen molar-refractivity contribution in [2.75, 3.05) is 19.6 Å². The lowest BCUT2D eigenvalue weighted by molar-refractivity contribution is 0.0847. The number of hydrogen-bond donors (Lipinski definition) is 1. The van der Waals surface area contributed by atoms with Crippen molar-refractivity contribution in [3.63, 3.8) is 0 Å². The van der Waals surface area contributed by atoms with Crippen LogP contribution in [0.1, 0.15) is 45.2 Å². The Morgan fingerprint density at radius 3 is 2.35 bits per heavy atom. The second-order valence-electron chi connectivity index (χ2n) is 6.95. The lowest BCUT2D eigenvalue weighted by Crippen LogP contribution is -2.42. The molecular weight excluding hydrogens is 268 g/mol. The van der Waals surface area contributed by atoms with Gasteiger partial charge >= 0.3 is 0 Å². The van der Waals surface area contributed by atoms with E-state index in [4.69, 9.17) is 17.3 Å². The summed E-state index contributed by atoms with van der Waals surface area (Å²) in [5.41, 5.74) is 7.61. The molecule has 1 aliphatic heterocycles. The quantitative estimate of drug-likeness (QED) is 0.909. The predicted molar refractivity (Wildman–Crippen MR) is 87.0 cm³/mol. The Bertz CT molecular complexity index is 431. The van der Waals surface area contributed by atoms with Gasteiger partial charge in [-0.05, 0) is 48.9 Å². The number of nitrogens with two attached hydrogens (primary N) is 1. The highest BCUT2D eigenvalue weighted by Crippen LogP contribution is 2.37. The number of piperidine rings is 1. The van der Waals surface area contributed by atoms with Crippen molar-refractivity contribution in [1.29, 1.82) is 0 Å². The molecule has 112 valence electrons. The van der Waals surface area contributed by atoms with Crippen LogP contribution in [0.15, 0.2) is 24.3 Å². The smallest absolute Gasteiger partial charge is 0.0485 e. The SMILES string of the molecule is CC(C)(C)C1CCN(C(CN)c2ccccc2Cl)CC1. The minimum atomic E-state index is 0.254. The van der Waals surface area contributed by atoms with Crippen LogP contribution in [-0.2, 0) is 0 Å². The molecule has 20 heavy (non-hydrogen) atoms. The standard InChI is InChI=1S/C17H27ClN2/c1-17(2,3)13-8-10-20(11-9-13)16(12-19)14-6-4-5-7-15(14)18/h4-7,13,16H,8-12,19H2,1-3H3. The highest BCUT2D eigenvalue weighted by atomic mass is 35.5. The third-order valence-corrected chi connectivity index (χ3v) is 5.03. The molecule has 0 spiro atoms. The fourth-order valence-corrected chi connectivity index (χ4v) is 3.56. The fraction of sp³-hybridized carbons (Fsp3) is 0.647. The third kappa shape index (κ3) is 3.55. The summed E-state index contributed by atoms with van der Waals surface area (Å²) >= 11 is 6.34. The van der Waals surface area contributed by atoms with E-state index in [0.29, 0.717) is 12.0 Å². The molecule has 1 saturated heterocycles. The minimum absolute atomic E-state index is 0.254. The molecule has 1 aromatic carbocycles. The van der Waals surface area contributed by atoms with E-state index in [0.717, 1.165) is 24.0 Å². The number of nitrogens with zero attached hydrogens (tertiary/aromatic N) is 1. The Labute approximate surface area is 128 Å². The molecule has 0 amide bonds. The maximum absolute atomic E-state index is 6.34. The van der Waals surface area contributed by atoms with E-state index in [1.165, 1.54) is 18.4 Å². The molecular formula is C17H27ClN2. The maximum atomic E-state index is 6.34. The summed E-state index contributed by atoms with van der Waals surface area (Å²) in [6.07, 6.45) is 2.51. The monoisotopic (exact) mass is 294 g/mol. The predicted octanol–water partition coefficient (Wildman–Crippen LogP) is 4.10. The van der Waals surface area contributed by atoms with Gasteiger partial charge in [-0.3, -0.25) is 4.90 Å². The number of rotatable bonds is 3. The van der Waals surface area contributed by atoms with Gasteiger partial charge in [0.2, 0.25) is 0 Å². The molecule has 3 heteroatoms. The molecule has 1 heterocycles. The molecule has 0 aliphatic carbocycles. The first-order chi connectivity index (χ1) is 9.43. The first kappa shape index (κ1) is 15.8. The zero-order chi connectivity index (χ0) is 14.8. The summed E-state index contributed by atoms with van der Waals surface area (Å²) in [6, 6.07) is 8.35. The molecule has 0 bridgehead atoms. The summed E-state index contributed by atoms with van der Waals surface area (Å²) in [6.45, 7) is 9.92. The van der Waals surface area contributed by atoms with Gasteiger partial charge in [-0.25, -0.2) is 0 Å². The van der Waals surface area contributed by atoms with Crippen LogP contribution in [0.3, 0.4) is 0 Å². The normalized spacial score (nSPS) is 20.1. The van der Waals surface area contributed by atoms with E-state index in [-0.39, 0.29) is 6.04 Å². The van der Waals surface area contributed by atoms with E-state index in [1.807, 2.05) is 18.2 Å². The summed E-state index contributed by atoms with van der Waals surface area (Å²) in [5.74, 6) is 0.809. The zero-order valence-electron chi connectivity index (χ0n) is 12.9. The van der Waals surface area contributed by atoms with Crippen molar-refractivity contribution in [2.24, 2.45) is 17.1 Å². The van der Waals surface area contributed by atoms with Crippen LogP contribution in [-0.4, -0.2) is 24.5 Å². The van der Waals surface area contributed by atoms with Gasteiger partial charge < -0.3 is 5.73 Å². The highest BCUT2D eigenvalue weighted by Gasteiger charge is 2.31. The van der Waals surface area contributed by atoms with Crippen molar-refractivity contribution in [2.45, 2.75) is 39.7 Å². The second kappa shape index (κ2) is 6.46. The number of hydrogen-bond acceptors (Lipinski definition) is 2. The van der Waals surface area contributed by atoms with Gasteiger partial charge in [0.15, 0.2) is 0 Å². The average molecular weight is 295 g/mol. The van der Waals surface area contributed by atoms with Gasteiger partial charge in [0.25, 0.3) is 0 Å². The lowest BCUT2D eigenvalue weighted by Gasteiger charge is -2.42. The molecule has 1 fully saturated rings. The van der Waals surface area contributed by atoms with Crippen molar-refractivity contribution in [3.8, 4) is 0 Å². The van der Waals surface area contributed by atoms with Gasteiger partial charge in [-0.2, -0.15) is 0 Å². The summed E-state index contributed by atoms with van der Waals surface area (Å²) in [7, 11) is 0. The largest absolute Gasteiger partial charge is 0.329 e. The van der Waals surface area contributed by atoms with Crippen LogP contribution < -0.4 is 5.73 Å². The topological polar surface area (TPSA) is 29.3 Å². The Balaban J connectivity index is 2.06. The summed E-state index contributed by atoms with van der Waals surface area (Å²) in [5, 5.41) is 0.834. The molecule has 1 unspecified atom stereocenters. The number of benzene rings is 1. The second-order valence-corrected chi connectivity index (χ2v) is 7.36. The van der Waals surface area contributed by atoms with E-state index in [9.17, 15) is 0 Å². The van der Waals surface area contributed by atoms with Gasteiger partial charge in [0, 0.05) is 17.6 Å². The Hall–Kier alpha value is -0.570. The van der Waals surface area contributed by atoms with Crippen molar-refractivity contribution >= 4 is 11.6 Å². The fourth-order valence-electron chi connectivity index (χ4n) is 3.30. The van der Waals surface area contributed by atoms with Crippen molar-refractivity contribution < 1.29 is 0 Å². The lowest BCUT2D eigenvalue weighted by atomic mass is 9.75. The third-order valence-electron chi connectivity index (χ3n) is 4.68. The molecule has 2 N–H and O–H groups in total. The number of likely N-dealkylation sites (tertiary alicyclic amines) is 1. The molecule has 2 rings (SSSR count). The molecule has 2 nitrogen and oxygen atoms in total. The van der Waals surface area contributed by atoms with Crippen LogP contribution in [0.25, 0.3) is 0 Å². The molecule has 0 saturated carbocycles. The summed E-state index contributed by atoms with van der Waals surface area (Å²) in [4.78, 5) is 2.50. The molecule has 0 radical (unpaired) electrons. The van der Waals surface area contributed by atoms with Gasteiger partial charge in [-0.15, -0.1) is 0 Å². The first-order valence-electron chi connectivity index (χ1n) is 7.62. The van der Waals surface area contributed by atoms with Crippen LogP contribution >= 0.6 is 11.6 Å². The average Bonchev–Trinajstić information content (AvgIpc) is 2.41. The van der Waals surface area contributed by atoms with Crippen LogP contribution in [0.5, 0.6) is 0 Å². The first-order valence-corrected chi connectivity index (χ1v) is 8.00. The zero-order valence-corrected chi connectivity index (χ0v) is 13.7. The molecule has 0 aromatic heterocycles. The summed E-state index contributed by atoms with van der Waals surface area (Å²) < 4.78 is 0. The minimum Gasteiger partial charge on any atom is -0.329 e. The Kier molecular flexibility index (Phi) is 5.11. The molecule has 1 aromatic rings. The van der Waals surface area contributed by atoms with Gasteiger partial charge in [-0.1, -0.05) is 50.6 Å². The Morgan fingerprint density at radius 1 is 1.25 bits per heavy atom. The van der Waals surface area contributed by atoms with Crippen molar-refractivity contribution in [1.82, 2.24) is 4.90 Å². The van der Waals surface area contributed by atoms with Crippen molar-refractivity contribution in [3.05, 3.63) is 34.9 Å².